The van der Waals surface area contributed by atoms with E-state index in [1.165, 1.54) is 6.42 Å². The van der Waals surface area contributed by atoms with Crippen LogP contribution >= 0.6 is 8.58 Å². The van der Waals surface area contributed by atoms with Crippen LogP contribution in [0.5, 0.6) is 0 Å². The second-order valence-electron chi connectivity index (χ2n) is 3.35. The van der Waals surface area contributed by atoms with E-state index >= 15 is 0 Å². The van der Waals surface area contributed by atoms with Crippen molar-refractivity contribution in [2.24, 2.45) is 11.8 Å². The molecule has 0 bridgehead atoms. The van der Waals surface area contributed by atoms with Gasteiger partial charge in [0.15, 0.2) is 0 Å². The van der Waals surface area contributed by atoms with Crippen LogP contribution < -0.4 is 0 Å². The van der Waals surface area contributed by atoms with E-state index in [1.807, 2.05) is 0 Å². The van der Waals surface area contributed by atoms with Gasteiger partial charge in [0.05, 0.1) is 0 Å². The summed E-state index contributed by atoms with van der Waals surface area (Å²) in [6, 6.07) is 0. The Balaban J connectivity index is 4.13. The van der Waals surface area contributed by atoms with Gasteiger partial charge < -0.3 is 0 Å². The normalized spacial score (nSPS) is 16.7. The van der Waals surface area contributed by atoms with Crippen molar-refractivity contribution < 1.29 is 0 Å². The summed E-state index contributed by atoms with van der Waals surface area (Å²) in [6.45, 7) is 11.4. The minimum atomic E-state index is 0.776. The van der Waals surface area contributed by atoms with E-state index < -0.39 is 0 Å². The van der Waals surface area contributed by atoms with Crippen molar-refractivity contribution in [2.75, 3.05) is 6.66 Å². The molecule has 11 heavy (non-hydrogen) atoms. The molecule has 0 aliphatic rings. The van der Waals surface area contributed by atoms with Gasteiger partial charge in [0.25, 0.3) is 0 Å². The Bertz CT molecular complexity index is 125. The summed E-state index contributed by atoms with van der Waals surface area (Å²) >= 11 is 0. The third-order valence-corrected chi connectivity index (χ3v) is 3.44. The van der Waals surface area contributed by atoms with Crippen molar-refractivity contribution in [2.45, 2.75) is 34.1 Å². The van der Waals surface area contributed by atoms with Crippen LogP contribution in [0.3, 0.4) is 0 Å². The maximum Gasteiger partial charge on any atom is -0.0169 e. The minimum absolute atomic E-state index is 0.776. The van der Waals surface area contributed by atoms with Crippen molar-refractivity contribution in [1.82, 2.24) is 0 Å². The predicted octanol–water partition coefficient (Wildman–Crippen LogP) is 3.88. The Morgan fingerprint density at radius 3 is 2.18 bits per heavy atom. The molecule has 0 heterocycles. The van der Waals surface area contributed by atoms with Gasteiger partial charge >= 0.3 is 0 Å². The first kappa shape index (κ1) is 11.2. The molecule has 1 heteroatoms. The van der Waals surface area contributed by atoms with E-state index in [0.717, 1.165) is 20.4 Å². The standard InChI is InChI=1S/C10H21P/c1-6-7-10(11-5)9(4)8(2)3/h7-9,11H,6H2,1-5H3. The molecule has 0 aromatic heterocycles. The summed E-state index contributed by atoms with van der Waals surface area (Å²) in [5, 5.41) is 1.66. The average molecular weight is 172 g/mol. The summed E-state index contributed by atoms with van der Waals surface area (Å²) in [5.41, 5.74) is 0. The largest absolute Gasteiger partial charge is 0.0981 e. The second kappa shape index (κ2) is 5.77. The molecule has 0 saturated carbocycles. The van der Waals surface area contributed by atoms with Crippen LogP contribution in [-0.4, -0.2) is 6.66 Å². The molecule has 0 aliphatic carbocycles. The van der Waals surface area contributed by atoms with Crippen molar-refractivity contribution >= 4 is 8.58 Å². The monoisotopic (exact) mass is 172 g/mol. The highest BCUT2D eigenvalue weighted by molar-refractivity contribution is 7.42. The lowest BCUT2D eigenvalue weighted by atomic mass is 9.97. The Morgan fingerprint density at radius 1 is 1.36 bits per heavy atom. The quantitative estimate of drug-likeness (QED) is 0.564. The van der Waals surface area contributed by atoms with Crippen LogP contribution in [0.4, 0.5) is 0 Å². The number of hydrogen-bond donors (Lipinski definition) is 0. The van der Waals surface area contributed by atoms with Gasteiger partial charge in [-0.3, -0.25) is 0 Å². The van der Waals surface area contributed by atoms with Crippen LogP contribution in [0, 0.1) is 11.8 Å². The average Bonchev–Trinajstić information content (AvgIpc) is 1.98. The SMILES string of the molecule is CCC=C(PC)C(C)C(C)C. The molecule has 0 saturated heterocycles. The molecule has 0 aromatic carbocycles. The fourth-order valence-electron chi connectivity index (χ4n) is 1.09. The highest BCUT2D eigenvalue weighted by Crippen LogP contribution is 2.32. The predicted molar refractivity (Wildman–Crippen MR) is 56.6 cm³/mol. The van der Waals surface area contributed by atoms with Gasteiger partial charge in [-0.25, -0.2) is 0 Å². The van der Waals surface area contributed by atoms with Crippen LogP contribution in [-0.2, 0) is 0 Å². The van der Waals surface area contributed by atoms with Crippen molar-refractivity contribution in [3.8, 4) is 0 Å². The van der Waals surface area contributed by atoms with Gasteiger partial charge in [-0.1, -0.05) is 47.7 Å². The van der Waals surface area contributed by atoms with Crippen LogP contribution in [0.1, 0.15) is 34.1 Å². The molecule has 2 atom stereocenters. The zero-order valence-corrected chi connectivity index (χ0v) is 9.44. The molecule has 2 unspecified atom stereocenters. The molecule has 0 amide bonds. The van der Waals surface area contributed by atoms with Crippen LogP contribution in [0.25, 0.3) is 0 Å². The maximum atomic E-state index is 2.39. The van der Waals surface area contributed by atoms with E-state index in [4.69, 9.17) is 0 Å². The molecule has 0 rings (SSSR count). The Labute approximate surface area is 73.2 Å². The summed E-state index contributed by atoms with van der Waals surface area (Å²) in [7, 11) is 0.990. The third-order valence-electron chi connectivity index (χ3n) is 2.20. The lowest BCUT2D eigenvalue weighted by molar-refractivity contribution is 0.496. The van der Waals surface area contributed by atoms with E-state index in [1.54, 1.807) is 5.31 Å². The van der Waals surface area contributed by atoms with Gasteiger partial charge in [0, 0.05) is 0 Å². The fraction of sp³-hybridized carbons (Fsp3) is 0.800. The smallest absolute Gasteiger partial charge is 0.0169 e. The Morgan fingerprint density at radius 2 is 1.91 bits per heavy atom. The number of allylic oxidation sites excluding steroid dienone is 2. The molecule has 0 radical (unpaired) electrons. The van der Waals surface area contributed by atoms with E-state index in [9.17, 15) is 0 Å². The molecule has 66 valence electrons. The first-order valence-electron chi connectivity index (χ1n) is 4.51. The van der Waals surface area contributed by atoms with Crippen molar-refractivity contribution in [1.29, 1.82) is 0 Å². The van der Waals surface area contributed by atoms with E-state index in [-0.39, 0.29) is 0 Å². The molecule has 0 N–H and O–H groups in total. The van der Waals surface area contributed by atoms with E-state index in [0.29, 0.717) is 0 Å². The minimum Gasteiger partial charge on any atom is -0.0981 e. The molecular weight excluding hydrogens is 151 g/mol. The first-order valence-corrected chi connectivity index (χ1v) is 6.01. The highest BCUT2D eigenvalue weighted by atomic mass is 31.1. The molecule has 0 spiro atoms. The lowest BCUT2D eigenvalue weighted by Crippen LogP contribution is -2.04. The number of rotatable bonds is 4. The topological polar surface area (TPSA) is 0 Å². The summed E-state index contributed by atoms with van der Waals surface area (Å²) in [4.78, 5) is 0. The van der Waals surface area contributed by atoms with Gasteiger partial charge in [-0.2, -0.15) is 0 Å². The van der Waals surface area contributed by atoms with Gasteiger partial charge in [0.1, 0.15) is 0 Å². The summed E-state index contributed by atoms with van der Waals surface area (Å²) in [6.07, 6.45) is 3.58. The maximum absolute atomic E-state index is 2.39. The zero-order chi connectivity index (χ0) is 8.85. The van der Waals surface area contributed by atoms with Gasteiger partial charge in [-0.15, -0.1) is 0 Å². The Kier molecular flexibility index (Phi) is 5.86. The zero-order valence-electron chi connectivity index (χ0n) is 8.44. The fourth-order valence-corrected chi connectivity index (χ4v) is 2.29. The van der Waals surface area contributed by atoms with Gasteiger partial charge in [0.2, 0.25) is 0 Å². The van der Waals surface area contributed by atoms with E-state index in [2.05, 4.69) is 40.4 Å². The molecule has 0 aliphatic heterocycles. The van der Waals surface area contributed by atoms with Crippen LogP contribution in [0.2, 0.25) is 0 Å². The molecular formula is C10H21P. The Hall–Kier alpha value is 0.170. The summed E-state index contributed by atoms with van der Waals surface area (Å²) < 4.78 is 0. The molecule has 0 nitrogen and oxygen atoms in total. The second-order valence-corrected chi connectivity index (χ2v) is 4.43. The van der Waals surface area contributed by atoms with Crippen molar-refractivity contribution in [3.05, 3.63) is 11.4 Å². The highest BCUT2D eigenvalue weighted by Gasteiger charge is 2.09. The third kappa shape index (κ3) is 3.91. The van der Waals surface area contributed by atoms with Crippen LogP contribution in [0.15, 0.2) is 11.4 Å². The van der Waals surface area contributed by atoms with Crippen molar-refractivity contribution in [3.63, 3.8) is 0 Å². The molecule has 0 fully saturated rings. The summed E-state index contributed by atoms with van der Waals surface area (Å²) in [5.74, 6) is 1.57. The molecule has 0 aromatic rings. The lowest BCUT2D eigenvalue weighted by Gasteiger charge is -2.18. The number of hydrogen-bond acceptors (Lipinski definition) is 0. The van der Waals surface area contributed by atoms with Gasteiger partial charge in [-0.05, 0) is 24.9 Å². The first-order chi connectivity index (χ1) is 5.13.